The maximum Gasteiger partial charge on any atom is 0.303 e. The highest BCUT2D eigenvalue weighted by Gasteiger charge is 2.35. The van der Waals surface area contributed by atoms with E-state index >= 15 is 0 Å². The quantitative estimate of drug-likeness (QED) is 0.709. The van der Waals surface area contributed by atoms with E-state index in [1.807, 2.05) is 20.8 Å². The van der Waals surface area contributed by atoms with Gasteiger partial charge in [-0.15, -0.1) is 0 Å². The molecule has 0 saturated carbocycles. The molecule has 0 aromatic heterocycles. The summed E-state index contributed by atoms with van der Waals surface area (Å²) in [6, 6.07) is 4.69. The summed E-state index contributed by atoms with van der Waals surface area (Å²) in [6.07, 6.45) is 3.18. The molecule has 0 heterocycles. The summed E-state index contributed by atoms with van der Waals surface area (Å²) in [7, 11) is 0. The molecule has 1 rings (SSSR count). The van der Waals surface area contributed by atoms with Crippen molar-refractivity contribution in [2.24, 2.45) is 0 Å². The summed E-state index contributed by atoms with van der Waals surface area (Å²) in [4.78, 5) is 11.5. The molecule has 0 aliphatic carbocycles. The fourth-order valence-electron chi connectivity index (χ4n) is 2.72. The molecule has 1 aromatic rings. The highest BCUT2D eigenvalue weighted by molar-refractivity contribution is 5.67. The molecule has 0 aliphatic heterocycles. The van der Waals surface area contributed by atoms with Crippen LogP contribution in [0.1, 0.15) is 57.6 Å². The van der Waals surface area contributed by atoms with Gasteiger partial charge < -0.3 is 4.74 Å². The van der Waals surface area contributed by atoms with Crippen LogP contribution in [0, 0.1) is 12.7 Å². The van der Waals surface area contributed by atoms with E-state index in [2.05, 4.69) is 0 Å². The molecule has 0 amide bonds. The minimum atomic E-state index is -0.693. The Morgan fingerprint density at radius 3 is 2.32 bits per heavy atom. The van der Waals surface area contributed by atoms with Gasteiger partial charge in [-0.1, -0.05) is 32.8 Å². The van der Waals surface area contributed by atoms with Gasteiger partial charge in [-0.05, 0) is 37.5 Å². The van der Waals surface area contributed by atoms with Gasteiger partial charge in [-0.2, -0.15) is 0 Å². The first-order chi connectivity index (χ1) is 8.95. The maximum atomic E-state index is 13.6. The van der Waals surface area contributed by atoms with Crippen LogP contribution in [0.4, 0.5) is 4.39 Å². The molecule has 0 spiro atoms. The second kappa shape index (κ2) is 6.69. The number of esters is 1. The fraction of sp³-hybridized carbons (Fsp3) is 0.562. The van der Waals surface area contributed by atoms with E-state index in [0.717, 1.165) is 24.0 Å². The third kappa shape index (κ3) is 3.79. The molecule has 106 valence electrons. The van der Waals surface area contributed by atoms with Crippen molar-refractivity contribution in [3.63, 3.8) is 0 Å². The summed E-state index contributed by atoms with van der Waals surface area (Å²) in [5, 5.41) is 0. The Morgan fingerprint density at radius 2 is 1.84 bits per heavy atom. The van der Waals surface area contributed by atoms with Gasteiger partial charge in [0.15, 0.2) is 0 Å². The Kier molecular flexibility index (Phi) is 5.52. The first-order valence-electron chi connectivity index (χ1n) is 6.91. The van der Waals surface area contributed by atoms with Crippen LogP contribution in [-0.4, -0.2) is 5.97 Å². The molecule has 3 heteroatoms. The largest absolute Gasteiger partial charge is 0.454 e. The van der Waals surface area contributed by atoms with Crippen LogP contribution < -0.4 is 0 Å². The van der Waals surface area contributed by atoms with Gasteiger partial charge in [-0.3, -0.25) is 4.79 Å². The zero-order valence-electron chi connectivity index (χ0n) is 12.3. The first-order valence-corrected chi connectivity index (χ1v) is 6.91. The number of ether oxygens (including phenoxy) is 1. The van der Waals surface area contributed by atoms with Crippen molar-refractivity contribution in [2.75, 3.05) is 0 Å². The minimum Gasteiger partial charge on any atom is -0.454 e. The van der Waals surface area contributed by atoms with Crippen LogP contribution in [0.2, 0.25) is 0 Å². The summed E-state index contributed by atoms with van der Waals surface area (Å²) >= 11 is 0. The second-order valence-electron chi connectivity index (χ2n) is 5.05. The van der Waals surface area contributed by atoms with Gasteiger partial charge in [0.25, 0.3) is 0 Å². The molecule has 0 radical (unpaired) electrons. The van der Waals surface area contributed by atoms with Crippen molar-refractivity contribution in [3.8, 4) is 0 Å². The van der Waals surface area contributed by atoms with Crippen molar-refractivity contribution < 1.29 is 13.9 Å². The minimum absolute atomic E-state index is 0.288. The molecule has 0 atom stereocenters. The average Bonchev–Trinajstić information content (AvgIpc) is 2.32. The van der Waals surface area contributed by atoms with E-state index in [4.69, 9.17) is 4.74 Å². The van der Waals surface area contributed by atoms with Gasteiger partial charge in [0, 0.05) is 12.5 Å². The van der Waals surface area contributed by atoms with Gasteiger partial charge >= 0.3 is 5.97 Å². The van der Waals surface area contributed by atoms with Crippen LogP contribution in [0.25, 0.3) is 0 Å². The highest BCUT2D eigenvalue weighted by atomic mass is 19.1. The average molecular weight is 266 g/mol. The monoisotopic (exact) mass is 266 g/mol. The van der Waals surface area contributed by atoms with Crippen LogP contribution in [0.5, 0.6) is 0 Å². The lowest BCUT2D eigenvalue weighted by Gasteiger charge is -2.34. The number of benzene rings is 1. The van der Waals surface area contributed by atoms with Gasteiger partial charge in [-0.25, -0.2) is 4.39 Å². The smallest absolute Gasteiger partial charge is 0.303 e. The number of hydrogen-bond donors (Lipinski definition) is 0. The third-order valence-electron chi connectivity index (χ3n) is 3.34. The van der Waals surface area contributed by atoms with E-state index < -0.39 is 5.60 Å². The number of aryl methyl sites for hydroxylation is 1. The van der Waals surface area contributed by atoms with Crippen molar-refractivity contribution in [1.82, 2.24) is 0 Å². The van der Waals surface area contributed by atoms with Crippen LogP contribution in [-0.2, 0) is 15.1 Å². The summed E-state index contributed by atoms with van der Waals surface area (Å²) in [5.74, 6) is -0.602. The zero-order valence-corrected chi connectivity index (χ0v) is 12.3. The van der Waals surface area contributed by atoms with Crippen molar-refractivity contribution in [2.45, 2.75) is 59.0 Å². The Hall–Kier alpha value is -1.38. The molecule has 0 fully saturated rings. The molecular formula is C16H23FO2. The Labute approximate surface area is 115 Å². The highest BCUT2D eigenvalue weighted by Crippen LogP contribution is 2.38. The molecule has 1 aromatic carbocycles. The first kappa shape index (κ1) is 15.7. The predicted octanol–water partition coefficient (Wildman–Crippen LogP) is 4.49. The molecule has 0 aliphatic rings. The lowest BCUT2D eigenvalue weighted by atomic mass is 9.82. The summed E-state index contributed by atoms with van der Waals surface area (Å²) in [6.45, 7) is 7.43. The topological polar surface area (TPSA) is 26.3 Å². The van der Waals surface area contributed by atoms with E-state index in [0.29, 0.717) is 12.8 Å². The lowest BCUT2D eigenvalue weighted by Crippen LogP contribution is -2.32. The van der Waals surface area contributed by atoms with Crippen LogP contribution in [0.3, 0.4) is 0 Å². The second-order valence-corrected chi connectivity index (χ2v) is 5.05. The van der Waals surface area contributed by atoms with E-state index in [9.17, 15) is 9.18 Å². The molecule has 0 bridgehead atoms. The van der Waals surface area contributed by atoms with Gasteiger partial charge in [0.1, 0.15) is 11.4 Å². The van der Waals surface area contributed by atoms with Crippen molar-refractivity contribution in [1.29, 1.82) is 0 Å². The van der Waals surface area contributed by atoms with Gasteiger partial charge in [0.05, 0.1) is 0 Å². The molecule has 0 N–H and O–H groups in total. The fourth-order valence-corrected chi connectivity index (χ4v) is 2.72. The van der Waals surface area contributed by atoms with E-state index in [1.165, 1.54) is 19.1 Å². The predicted molar refractivity (Wildman–Crippen MR) is 74.4 cm³/mol. The Bertz CT molecular complexity index is 434. The van der Waals surface area contributed by atoms with Crippen molar-refractivity contribution in [3.05, 3.63) is 35.1 Å². The number of carbonyl (C=O) groups excluding carboxylic acids is 1. The molecular weight excluding hydrogens is 243 g/mol. The molecule has 0 unspecified atom stereocenters. The Morgan fingerprint density at radius 1 is 1.26 bits per heavy atom. The number of carbonyl (C=O) groups is 1. The third-order valence-corrected chi connectivity index (χ3v) is 3.34. The molecule has 2 nitrogen and oxygen atoms in total. The van der Waals surface area contributed by atoms with E-state index in [1.54, 1.807) is 6.07 Å². The number of hydrogen-bond acceptors (Lipinski definition) is 2. The summed E-state index contributed by atoms with van der Waals surface area (Å²) in [5.41, 5.74) is 1.07. The lowest BCUT2D eigenvalue weighted by molar-refractivity contribution is -0.160. The van der Waals surface area contributed by atoms with Crippen LogP contribution >= 0.6 is 0 Å². The summed E-state index contributed by atoms with van der Waals surface area (Å²) < 4.78 is 19.2. The molecule has 19 heavy (non-hydrogen) atoms. The SMILES string of the molecule is CCCC(CCC)(OC(C)=O)c1cc(F)ccc1C. The Balaban J connectivity index is 3.33. The van der Waals surface area contributed by atoms with Crippen LogP contribution in [0.15, 0.2) is 18.2 Å². The zero-order chi connectivity index (χ0) is 14.5. The molecule has 0 saturated heterocycles. The standard InChI is InChI=1S/C16H23FO2/c1-5-9-16(10-6-2,19-13(4)18)15-11-14(17)8-7-12(15)3/h7-8,11H,5-6,9-10H2,1-4H3. The maximum absolute atomic E-state index is 13.6. The normalized spacial score (nSPS) is 11.4. The van der Waals surface area contributed by atoms with Crippen molar-refractivity contribution >= 4 is 5.97 Å². The van der Waals surface area contributed by atoms with Gasteiger partial charge in [0.2, 0.25) is 0 Å². The van der Waals surface area contributed by atoms with E-state index in [-0.39, 0.29) is 11.8 Å². The number of rotatable bonds is 6. The number of halogens is 1.